The number of rotatable bonds is 3. The van der Waals surface area contributed by atoms with Gasteiger partial charge in [0.25, 0.3) is 5.91 Å². The van der Waals surface area contributed by atoms with Crippen molar-refractivity contribution in [2.24, 2.45) is 7.05 Å². The molecule has 4 rings (SSSR count). The lowest BCUT2D eigenvalue weighted by molar-refractivity contribution is 0.0959. The number of fused-ring (bicyclic) bond motifs is 1. The summed E-state index contributed by atoms with van der Waals surface area (Å²) in [6.45, 7) is 0.709. The number of aromatic amines is 1. The van der Waals surface area contributed by atoms with Crippen molar-refractivity contribution in [3.05, 3.63) is 47.9 Å². The van der Waals surface area contributed by atoms with Crippen molar-refractivity contribution in [1.82, 2.24) is 25.0 Å². The molecule has 0 aliphatic carbocycles. The monoisotopic (exact) mass is 366 g/mol. The highest BCUT2D eigenvalue weighted by molar-refractivity contribution is 5.99. The molecule has 27 heavy (non-hydrogen) atoms. The summed E-state index contributed by atoms with van der Waals surface area (Å²) in [7, 11) is 3.47. The van der Waals surface area contributed by atoms with E-state index in [-0.39, 0.29) is 18.0 Å². The van der Waals surface area contributed by atoms with E-state index in [0.717, 1.165) is 29.4 Å². The second-order valence-electron chi connectivity index (χ2n) is 6.76. The quantitative estimate of drug-likeness (QED) is 0.665. The van der Waals surface area contributed by atoms with E-state index in [4.69, 9.17) is 0 Å². The largest absolute Gasteiger partial charge is 0.354 e. The Hall–Kier alpha value is -3.29. The van der Waals surface area contributed by atoms with Gasteiger partial charge in [-0.2, -0.15) is 5.10 Å². The number of hydrogen-bond acceptors (Lipinski definition) is 3. The first-order chi connectivity index (χ1) is 13.0. The molecule has 3 aromatic rings. The molecule has 1 aliphatic rings. The normalized spacial score (nSPS) is 16.7. The van der Waals surface area contributed by atoms with E-state index in [1.807, 2.05) is 42.4 Å². The molecule has 1 aromatic carbocycles. The lowest BCUT2D eigenvalue weighted by Gasteiger charge is -2.23. The van der Waals surface area contributed by atoms with E-state index in [9.17, 15) is 9.59 Å². The number of hydrogen-bond donors (Lipinski definition) is 3. The van der Waals surface area contributed by atoms with Crippen LogP contribution in [0, 0.1) is 0 Å². The Morgan fingerprint density at radius 1 is 1.26 bits per heavy atom. The molecule has 1 aliphatic heterocycles. The van der Waals surface area contributed by atoms with Crippen molar-refractivity contribution in [3.8, 4) is 0 Å². The number of amides is 3. The molecule has 3 N–H and O–H groups in total. The number of benzene rings is 1. The average molecular weight is 366 g/mol. The minimum atomic E-state index is -0.174. The second kappa shape index (κ2) is 6.79. The zero-order valence-corrected chi connectivity index (χ0v) is 15.3. The van der Waals surface area contributed by atoms with Gasteiger partial charge in [-0.15, -0.1) is 0 Å². The highest BCUT2D eigenvalue weighted by atomic mass is 16.2. The topological polar surface area (TPSA) is 95.1 Å². The first-order valence-electron chi connectivity index (χ1n) is 8.97. The zero-order chi connectivity index (χ0) is 19.0. The van der Waals surface area contributed by atoms with Gasteiger partial charge in [0, 0.05) is 43.4 Å². The maximum Gasteiger partial charge on any atom is 0.322 e. The van der Waals surface area contributed by atoms with E-state index in [1.165, 1.54) is 0 Å². The molecule has 2 aromatic heterocycles. The molecule has 0 saturated carbocycles. The van der Waals surface area contributed by atoms with Crippen LogP contribution < -0.4 is 10.6 Å². The molecule has 0 spiro atoms. The number of nitrogens with one attached hydrogen (secondary N) is 3. The van der Waals surface area contributed by atoms with Gasteiger partial charge in [0.1, 0.15) is 5.69 Å². The van der Waals surface area contributed by atoms with Crippen LogP contribution in [0.3, 0.4) is 0 Å². The molecule has 1 unspecified atom stereocenters. The zero-order valence-electron chi connectivity index (χ0n) is 15.3. The first-order valence-corrected chi connectivity index (χ1v) is 8.97. The summed E-state index contributed by atoms with van der Waals surface area (Å²) in [6.07, 6.45) is 3.77. The Balaban J connectivity index is 1.52. The van der Waals surface area contributed by atoms with Crippen LogP contribution in [0.2, 0.25) is 0 Å². The molecule has 3 heterocycles. The number of likely N-dealkylation sites (tertiary alicyclic amines) is 1. The molecular formula is C19H22N6O2. The summed E-state index contributed by atoms with van der Waals surface area (Å²) in [5.41, 5.74) is 2.95. The molecular weight excluding hydrogens is 344 g/mol. The molecule has 0 bridgehead atoms. The smallest absolute Gasteiger partial charge is 0.322 e. The molecule has 8 heteroatoms. The SMILES string of the molecule is CNC(=O)c1cc2cc(NC(=O)N3CCCC3c3ccn(C)n3)ccc2[nH]1. The average Bonchev–Trinajstić information content (AvgIpc) is 3.38. The summed E-state index contributed by atoms with van der Waals surface area (Å²) in [6, 6.07) is 9.15. The number of nitrogens with zero attached hydrogens (tertiary/aromatic N) is 3. The third-order valence-corrected chi connectivity index (χ3v) is 4.93. The fourth-order valence-corrected chi connectivity index (χ4v) is 3.59. The van der Waals surface area contributed by atoms with E-state index < -0.39 is 0 Å². The van der Waals surface area contributed by atoms with E-state index in [0.29, 0.717) is 17.9 Å². The minimum absolute atomic E-state index is 0.00189. The van der Waals surface area contributed by atoms with Crippen molar-refractivity contribution in [2.75, 3.05) is 18.9 Å². The van der Waals surface area contributed by atoms with Gasteiger partial charge >= 0.3 is 6.03 Å². The lowest BCUT2D eigenvalue weighted by atomic mass is 10.1. The van der Waals surface area contributed by atoms with Crippen LogP contribution >= 0.6 is 0 Å². The van der Waals surface area contributed by atoms with Gasteiger partial charge in [-0.3, -0.25) is 9.48 Å². The number of carbonyl (C=O) groups is 2. The van der Waals surface area contributed by atoms with Crippen LogP contribution in [0.4, 0.5) is 10.5 Å². The third kappa shape index (κ3) is 3.25. The van der Waals surface area contributed by atoms with Crippen molar-refractivity contribution in [2.45, 2.75) is 18.9 Å². The Bertz CT molecular complexity index is 1000. The molecule has 1 atom stereocenters. The molecule has 0 radical (unpaired) electrons. The summed E-state index contributed by atoms with van der Waals surface area (Å²) < 4.78 is 1.76. The summed E-state index contributed by atoms with van der Waals surface area (Å²) in [4.78, 5) is 29.5. The number of H-pyrrole nitrogens is 1. The fraction of sp³-hybridized carbons (Fsp3) is 0.316. The summed E-state index contributed by atoms with van der Waals surface area (Å²) in [5, 5.41) is 10.9. The van der Waals surface area contributed by atoms with E-state index in [1.54, 1.807) is 17.8 Å². The molecule has 140 valence electrons. The maximum absolute atomic E-state index is 12.8. The van der Waals surface area contributed by atoms with Gasteiger partial charge in [0.05, 0.1) is 11.7 Å². The van der Waals surface area contributed by atoms with Gasteiger partial charge in [0.2, 0.25) is 0 Å². The Kier molecular flexibility index (Phi) is 4.31. The standard InChI is InChI=1S/C19H22N6O2/c1-20-18(26)16-11-12-10-13(5-6-14(12)22-16)21-19(27)25-8-3-4-17(25)15-7-9-24(2)23-15/h5-7,9-11,17,22H,3-4,8H2,1-2H3,(H,20,26)(H,21,27). The second-order valence-corrected chi connectivity index (χ2v) is 6.76. The summed E-state index contributed by atoms with van der Waals surface area (Å²) >= 11 is 0. The van der Waals surface area contributed by atoms with Crippen molar-refractivity contribution >= 4 is 28.5 Å². The highest BCUT2D eigenvalue weighted by Gasteiger charge is 2.31. The Morgan fingerprint density at radius 2 is 2.11 bits per heavy atom. The molecule has 1 saturated heterocycles. The molecule has 8 nitrogen and oxygen atoms in total. The molecule has 1 fully saturated rings. The Labute approximate surface area is 156 Å². The van der Waals surface area contributed by atoms with Gasteiger partial charge in [0.15, 0.2) is 0 Å². The van der Waals surface area contributed by atoms with Crippen LogP contribution in [-0.2, 0) is 7.05 Å². The van der Waals surface area contributed by atoms with Gasteiger partial charge in [-0.25, -0.2) is 4.79 Å². The number of aryl methyl sites for hydroxylation is 1. The van der Waals surface area contributed by atoms with Crippen LogP contribution in [0.15, 0.2) is 36.5 Å². The van der Waals surface area contributed by atoms with Gasteiger partial charge in [-0.1, -0.05) is 0 Å². The number of anilines is 1. The highest BCUT2D eigenvalue weighted by Crippen LogP contribution is 2.31. The summed E-state index contributed by atoms with van der Waals surface area (Å²) in [5.74, 6) is -0.174. The van der Waals surface area contributed by atoms with Crippen LogP contribution in [0.1, 0.15) is 35.1 Å². The number of urea groups is 1. The number of carbonyl (C=O) groups excluding carboxylic acids is 2. The van der Waals surface area contributed by atoms with Gasteiger partial charge in [-0.05, 0) is 43.2 Å². The van der Waals surface area contributed by atoms with Crippen molar-refractivity contribution in [1.29, 1.82) is 0 Å². The van der Waals surface area contributed by atoms with Crippen LogP contribution in [0.5, 0.6) is 0 Å². The minimum Gasteiger partial charge on any atom is -0.354 e. The fourth-order valence-electron chi connectivity index (χ4n) is 3.59. The Morgan fingerprint density at radius 3 is 2.85 bits per heavy atom. The van der Waals surface area contributed by atoms with Crippen LogP contribution in [-0.4, -0.2) is 45.2 Å². The van der Waals surface area contributed by atoms with E-state index >= 15 is 0 Å². The van der Waals surface area contributed by atoms with Crippen molar-refractivity contribution in [3.63, 3.8) is 0 Å². The number of aromatic nitrogens is 3. The predicted octanol–water partition coefficient (Wildman–Crippen LogP) is 2.63. The molecule has 3 amide bonds. The van der Waals surface area contributed by atoms with Crippen LogP contribution in [0.25, 0.3) is 10.9 Å². The first kappa shape index (κ1) is 17.1. The van der Waals surface area contributed by atoms with E-state index in [2.05, 4.69) is 20.7 Å². The van der Waals surface area contributed by atoms with Crippen molar-refractivity contribution < 1.29 is 9.59 Å². The predicted molar refractivity (Wildman–Crippen MR) is 103 cm³/mol. The maximum atomic E-state index is 12.8. The lowest BCUT2D eigenvalue weighted by Crippen LogP contribution is -2.34. The van der Waals surface area contributed by atoms with Gasteiger partial charge < -0.3 is 20.5 Å². The third-order valence-electron chi connectivity index (χ3n) is 4.93.